The number of hydrogen-bond acceptors (Lipinski definition) is 4. The lowest BCUT2D eigenvalue weighted by Gasteiger charge is -2.31. The van der Waals surface area contributed by atoms with Gasteiger partial charge >= 0.3 is 11.8 Å². The molecule has 4 heterocycles. The molecule has 36 heavy (non-hydrogen) atoms. The number of likely N-dealkylation sites (tertiary alicyclic amines) is 1. The van der Waals surface area contributed by atoms with Crippen LogP contribution in [0.15, 0.2) is 55.0 Å². The molecule has 2 N–H and O–H groups in total. The van der Waals surface area contributed by atoms with Crippen molar-refractivity contribution in [2.24, 2.45) is 0 Å². The molecule has 1 aromatic carbocycles. The lowest BCUT2D eigenvalue weighted by Crippen LogP contribution is -2.43. The highest BCUT2D eigenvalue weighted by Gasteiger charge is 2.29. The van der Waals surface area contributed by atoms with Crippen LogP contribution in [0.25, 0.3) is 21.9 Å². The summed E-state index contributed by atoms with van der Waals surface area (Å²) in [7, 11) is 0. The molecule has 0 atom stereocenters. The summed E-state index contributed by atoms with van der Waals surface area (Å²) in [6, 6.07) is 11.9. The van der Waals surface area contributed by atoms with E-state index in [4.69, 9.17) is 0 Å². The minimum Gasteiger partial charge on any atom is -0.346 e. The molecule has 0 saturated carbocycles. The Morgan fingerprint density at radius 2 is 1.94 bits per heavy atom. The first-order valence-electron chi connectivity index (χ1n) is 12.9. The highest BCUT2D eigenvalue weighted by Crippen LogP contribution is 2.32. The number of likely N-dealkylation sites (N-methyl/N-ethyl adjacent to an activating group) is 1. The molecular formula is C28H34N6O2. The van der Waals surface area contributed by atoms with E-state index in [1.165, 1.54) is 5.56 Å². The summed E-state index contributed by atoms with van der Waals surface area (Å²) < 4.78 is 2.23. The van der Waals surface area contributed by atoms with Crippen molar-refractivity contribution >= 4 is 39.4 Å². The van der Waals surface area contributed by atoms with Crippen LogP contribution < -0.4 is 5.32 Å². The number of piperidine rings is 1. The molecule has 2 amide bonds. The fraction of sp³-hybridized carbons (Fsp3) is 0.393. The summed E-state index contributed by atoms with van der Waals surface area (Å²) in [5, 5.41) is 5.00. The second-order valence-electron chi connectivity index (χ2n) is 9.47. The Morgan fingerprint density at radius 1 is 1.14 bits per heavy atom. The number of H-pyrrole nitrogens is 1. The molecule has 188 valence electrons. The molecule has 3 aromatic heterocycles. The van der Waals surface area contributed by atoms with Gasteiger partial charge in [0.05, 0.1) is 0 Å². The van der Waals surface area contributed by atoms with Gasteiger partial charge in [0.15, 0.2) is 0 Å². The van der Waals surface area contributed by atoms with E-state index in [0.717, 1.165) is 61.0 Å². The van der Waals surface area contributed by atoms with Crippen molar-refractivity contribution in [1.82, 2.24) is 24.3 Å². The van der Waals surface area contributed by atoms with Gasteiger partial charge in [0.25, 0.3) is 0 Å². The molecule has 8 nitrogen and oxygen atoms in total. The van der Waals surface area contributed by atoms with Crippen LogP contribution in [0.3, 0.4) is 0 Å². The largest absolute Gasteiger partial charge is 0.346 e. The Balaban J connectivity index is 1.18. The number of carbonyl (C=O) groups excluding carboxylic acids is 2. The van der Waals surface area contributed by atoms with Crippen molar-refractivity contribution in [2.45, 2.75) is 39.2 Å². The first-order valence-corrected chi connectivity index (χ1v) is 12.9. The van der Waals surface area contributed by atoms with Crippen molar-refractivity contribution in [3.05, 3.63) is 60.6 Å². The first-order chi connectivity index (χ1) is 17.6. The van der Waals surface area contributed by atoms with Crippen LogP contribution in [0.2, 0.25) is 0 Å². The van der Waals surface area contributed by atoms with Crippen LogP contribution in [0.1, 0.15) is 38.2 Å². The average molecular weight is 487 g/mol. The van der Waals surface area contributed by atoms with Crippen LogP contribution in [-0.4, -0.2) is 68.9 Å². The Morgan fingerprint density at radius 3 is 2.72 bits per heavy atom. The number of hydrogen-bond donors (Lipinski definition) is 2. The van der Waals surface area contributed by atoms with Gasteiger partial charge in [-0.05, 0) is 73.8 Å². The van der Waals surface area contributed by atoms with E-state index in [1.54, 1.807) is 11.1 Å². The van der Waals surface area contributed by atoms with E-state index < -0.39 is 11.8 Å². The maximum absolute atomic E-state index is 12.9. The molecule has 5 rings (SSSR count). The third-order valence-electron chi connectivity index (χ3n) is 7.48. The van der Waals surface area contributed by atoms with E-state index in [1.807, 2.05) is 30.5 Å². The summed E-state index contributed by atoms with van der Waals surface area (Å²) in [5.41, 5.74) is 3.90. The highest BCUT2D eigenvalue weighted by atomic mass is 16.2. The zero-order valence-electron chi connectivity index (χ0n) is 21.0. The van der Waals surface area contributed by atoms with Gasteiger partial charge in [-0.1, -0.05) is 13.8 Å². The van der Waals surface area contributed by atoms with Gasteiger partial charge in [0, 0.05) is 66.7 Å². The van der Waals surface area contributed by atoms with Gasteiger partial charge in [-0.2, -0.15) is 0 Å². The zero-order valence-corrected chi connectivity index (χ0v) is 21.0. The molecule has 1 aliphatic rings. The van der Waals surface area contributed by atoms with E-state index in [0.29, 0.717) is 24.7 Å². The number of amides is 2. The molecular weight excluding hydrogens is 452 g/mol. The highest BCUT2D eigenvalue weighted by molar-refractivity contribution is 6.39. The summed E-state index contributed by atoms with van der Waals surface area (Å²) in [6.45, 7) is 9.49. The summed E-state index contributed by atoms with van der Waals surface area (Å²) in [4.78, 5) is 37.3. The van der Waals surface area contributed by atoms with Crippen LogP contribution in [0.5, 0.6) is 0 Å². The number of aromatic nitrogens is 3. The SMILES string of the molecule is CCN(CC)CCn1ccc2cc(NC(=O)C(=O)N3CCC(c4c[nH]c5ncccc45)CC3)ccc21. The second kappa shape index (κ2) is 10.5. The Labute approximate surface area is 211 Å². The second-order valence-corrected chi connectivity index (χ2v) is 9.47. The van der Waals surface area contributed by atoms with Gasteiger partial charge in [0.1, 0.15) is 5.65 Å². The van der Waals surface area contributed by atoms with Gasteiger partial charge in [-0.25, -0.2) is 4.98 Å². The number of carbonyl (C=O) groups is 2. The summed E-state index contributed by atoms with van der Waals surface area (Å²) in [6.07, 6.45) is 7.54. The maximum atomic E-state index is 12.9. The lowest BCUT2D eigenvalue weighted by atomic mass is 9.89. The van der Waals surface area contributed by atoms with Gasteiger partial charge in [0.2, 0.25) is 0 Å². The van der Waals surface area contributed by atoms with Crippen molar-refractivity contribution in [1.29, 1.82) is 0 Å². The topological polar surface area (TPSA) is 86.3 Å². The molecule has 4 aromatic rings. The van der Waals surface area contributed by atoms with E-state index in [-0.39, 0.29) is 0 Å². The molecule has 1 fully saturated rings. The van der Waals surface area contributed by atoms with Crippen molar-refractivity contribution < 1.29 is 9.59 Å². The van der Waals surface area contributed by atoms with Gasteiger partial charge in [-0.3, -0.25) is 9.59 Å². The van der Waals surface area contributed by atoms with E-state index in [9.17, 15) is 9.59 Å². The molecule has 0 spiro atoms. The monoisotopic (exact) mass is 486 g/mol. The van der Waals surface area contributed by atoms with Gasteiger partial charge < -0.3 is 24.7 Å². The standard InChI is InChI=1S/C28H34N6O2/c1-3-32(4-2)16-17-33-13-11-21-18-22(7-8-25(21)33)31-27(35)28(36)34-14-9-20(10-15-34)24-19-30-26-23(24)6-5-12-29-26/h5-8,11-13,18-20H,3-4,9-10,14-17H2,1-2H3,(H,29,30)(H,31,35). The molecule has 0 bridgehead atoms. The maximum Gasteiger partial charge on any atom is 0.313 e. The van der Waals surface area contributed by atoms with Crippen molar-refractivity contribution in [2.75, 3.05) is 38.0 Å². The quantitative estimate of drug-likeness (QED) is 0.383. The number of fused-ring (bicyclic) bond motifs is 2. The molecule has 1 aliphatic heterocycles. The minimum atomic E-state index is -0.579. The van der Waals surface area contributed by atoms with E-state index >= 15 is 0 Å². The third-order valence-corrected chi connectivity index (χ3v) is 7.48. The minimum absolute atomic E-state index is 0.350. The number of nitrogens with zero attached hydrogens (tertiary/aromatic N) is 4. The van der Waals surface area contributed by atoms with Crippen molar-refractivity contribution in [3.8, 4) is 0 Å². The third kappa shape index (κ3) is 4.86. The fourth-order valence-electron chi connectivity index (χ4n) is 5.30. The Hall–Kier alpha value is -3.65. The average Bonchev–Trinajstić information content (AvgIpc) is 3.53. The number of nitrogens with one attached hydrogen (secondary N) is 2. The van der Waals surface area contributed by atoms with Crippen LogP contribution in [0.4, 0.5) is 5.69 Å². The number of anilines is 1. The first kappa shape index (κ1) is 24.1. The van der Waals surface area contributed by atoms with Crippen LogP contribution >= 0.6 is 0 Å². The van der Waals surface area contributed by atoms with E-state index in [2.05, 4.69) is 56.9 Å². The number of aromatic amines is 1. The molecule has 8 heteroatoms. The lowest BCUT2D eigenvalue weighted by molar-refractivity contribution is -0.143. The predicted molar refractivity (Wildman–Crippen MR) is 143 cm³/mol. The summed E-state index contributed by atoms with van der Waals surface area (Å²) >= 11 is 0. The number of pyridine rings is 1. The van der Waals surface area contributed by atoms with Crippen LogP contribution in [0, 0.1) is 0 Å². The molecule has 1 saturated heterocycles. The normalized spacial score (nSPS) is 14.7. The zero-order chi connectivity index (χ0) is 25.1. The van der Waals surface area contributed by atoms with Crippen molar-refractivity contribution in [3.63, 3.8) is 0 Å². The molecule has 0 radical (unpaired) electrons. The van der Waals surface area contributed by atoms with Crippen LogP contribution in [-0.2, 0) is 16.1 Å². The predicted octanol–water partition coefficient (Wildman–Crippen LogP) is 4.20. The number of benzene rings is 1. The Bertz CT molecular complexity index is 1360. The summed E-state index contributed by atoms with van der Waals surface area (Å²) in [5.74, 6) is -0.695. The van der Waals surface area contributed by atoms with Gasteiger partial charge in [-0.15, -0.1) is 0 Å². The smallest absolute Gasteiger partial charge is 0.313 e. The number of rotatable bonds is 7. The molecule has 0 unspecified atom stereocenters. The molecule has 0 aliphatic carbocycles. The Kier molecular flexibility index (Phi) is 7.04. The fourth-order valence-corrected chi connectivity index (χ4v) is 5.30.